The van der Waals surface area contributed by atoms with Crippen molar-refractivity contribution in [3.63, 3.8) is 0 Å². The van der Waals surface area contributed by atoms with Crippen LogP contribution in [0.4, 0.5) is 8.78 Å². The molecule has 26 heavy (non-hydrogen) atoms. The number of amides is 1. The molecule has 2 aliphatic rings. The summed E-state index contributed by atoms with van der Waals surface area (Å²) in [5.41, 5.74) is -0.185. The lowest BCUT2D eigenvalue weighted by Crippen LogP contribution is -2.37. The van der Waals surface area contributed by atoms with E-state index in [2.05, 4.69) is 14.8 Å². The number of nitrogens with zero attached hydrogens (tertiary/aromatic N) is 4. The molecule has 0 saturated carbocycles. The Labute approximate surface area is 150 Å². The van der Waals surface area contributed by atoms with E-state index in [0.29, 0.717) is 19.0 Å². The molecular formula is C19H20F2N4O. The van der Waals surface area contributed by atoms with Gasteiger partial charge in [0.2, 0.25) is 5.91 Å². The molecule has 5 nitrogen and oxygen atoms in total. The van der Waals surface area contributed by atoms with Gasteiger partial charge < -0.3 is 9.47 Å². The molecule has 1 amide bonds. The van der Waals surface area contributed by atoms with Gasteiger partial charge >= 0.3 is 0 Å². The molecule has 0 radical (unpaired) electrons. The van der Waals surface area contributed by atoms with Crippen molar-refractivity contribution in [3.05, 3.63) is 53.1 Å². The summed E-state index contributed by atoms with van der Waals surface area (Å²) in [5, 5.41) is 8.59. The Hall–Kier alpha value is -2.57. The molecule has 1 aromatic carbocycles. The number of piperidine rings is 1. The number of rotatable bonds is 3. The van der Waals surface area contributed by atoms with Gasteiger partial charge in [-0.3, -0.25) is 4.79 Å². The quantitative estimate of drug-likeness (QED) is 0.793. The van der Waals surface area contributed by atoms with Crippen molar-refractivity contribution in [3.8, 4) is 0 Å². The summed E-state index contributed by atoms with van der Waals surface area (Å²) in [6.45, 7) is 2.19. The maximum absolute atomic E-state index is 13.6. The van der Waals surface area contributed by atoms with E-state index in [9.17, 15) is 13.6 Å². The molecule has 3 heterocycles. The number of hydrogen-bond donors (Lipinski definition) is 0. The minimum absolute atomic E-state index is 0.185. The number of likely N-dealkylation sites (tertiary alicyclic amines) is 1. The van der Waals surface area contributed by atoms with Crippen molar-refractivity contribution in [1.29, 1.82) is 0 Å². The lowest BCUT2D eigenvalue weighted by Gasteiger charge is -2.30. The van der Waals surface area contributed by atoms with Gasteiger partial charge in [-0.2, -0.15) is 0 Å². The van der Waals surface area contributed by atoms with E-state index in [1.165, 1.54) is 30.4 Å². The fourth-order valence-corrected chi connectivity index (χ4v) is 3.76. The molecule has 0 spiro atoms. The SMILES string of the molecule is O=C(/C=C/c1c(F)cccc1F)N1CCC(c2nnc3n2CCC3)CC1. The van der Waals surface area contributed by atoms with E-state index < -0.39 is 11.6 Å². The first kappa shape index (κ1) is 16.9. The van der Waals surface area contributed by atoms with Gasteiger partial charge in [0, 0.05) is 43.6 Å². The highest BCUT2D eigenvalue weighted by atomic mass is 19.1. The number of aryl methyl sites for hydroxylation is 1. The largest absolute Gasteiger partial charge is 0.339 e. The van der Waals surface area contributed by atoms with Crippen LogP contribution in [0, 0.1) is 11.6 Å². The standard InChI is InChI=1S/C19H20F2N4O/c20-15-3-1-4-16(21)14(15)6-7-18(26)24-11-8-13(9-12-24)19-23-22-17-5-2-10-25(17)19/h1,3-4,6-7,13H,2,5,8-12H2/b7-6+. The predicted molar refractivity (Wildman–Crippen MR) is 92.3 cm³/mol. The average molecular weight is 358 g/mol. The maximum Gasteiger partial charge on any atom is 0.246 e. The normalized spacial score (nSPS) is 17.8. The first-order valence-electron chi connectivity index (χ1n) is 8.96. The molecule has 4 rings (SSSR count). The Balaban J connectivity index is 1.38. The molecule has 1 saturated heterocycles. The molecule has 0 atom stereocenters. The van der Waals surface area contributed by atoms with Crippen molar-refractivity contribution in [2.75, 3.05) is 13.1 Å². The topological polar surface area (TPSA) is 51.0 Å². The Bertz CT molecular complexity index is 833. The Morgan fingerprint density at radius 3 is 2.58 bits per heavy atom. The second kappa shape index (κ2) is 6.97. The summed E-state index contributed by atoms with van der Waals surface area (Å²) in [4.78, 5) is 14.1. The third-order valence-corrected chi connectivity index (χ3v) is 5.20. The van der Waals surface area contributed by atoms with Gasteiger partial charge in [0.25, 0.3) is 0 Å². The minimum atomic E-state index is -0.673. The first-order chi connectivity index (χ1) is 12.6. The molecule has 7 heteroatoms. The number of carbonyl (C=O) groups excluding carboxylic acids is 1. The average Bonchev–Trinajstić information content (AvgIpc) is 3.25. The Morgan fingerprint density at radius 2 is 1.85 bits per heavy atom. The van der Waals surface area contributed by atoms with Gasteiger partial charge in [-0.05, 0) is 37.5 Å². The molecule has 1 aromatic heterocycles. The van der Waals surface area contributed by atoms with Gasteiger partial charge in [0.05, 0.1) is 0 Å². The van der Waals surface area contributed by atoms with E-state index in [-0.39, 0.29) is 11.5 Å². The zero-order chi connectivity index (χ0) is 18.1. The molecule has 0 unspecified atom stereocenters. The lowest BCUT2D eigenvalue weighted by molar-refractivity contribution is -0.127. The highest BCUT2D eigenvalue weighted by molar-refractivity contribution is 5.91. The summed E-state index contributed by atoms with van der Waals surface area (Å²) >= 11 is 0. The van der Waals surface area contributed by atoms with Crippen LogP contribution in [0.1, 0.15) is 42.4 Å². The van der Waals surface area contributed by atoms with Gasteiger partial charge in [0.15, 0.2) is 0 Å². The number of halogens is 2. The number of carbonyl (C=O) groups is 1. The van der Waals surface area contributed by atoms with Crippen molar-refractivity contribution >= 4 is 12.0 Å². The van der Waals surface area contributed by atoms with E-state index in [1.54, 1.807) is 4.90 Å². The fourth-order valence-electron chi connectivity index (χ4n) is 3.76. The van der Waals surface area contributed by atoms with Gasteiger partial charge in [-0.1, -0.05) is 6.07 Å². The Kier molecular flexibility index (Phi) is 4.53. The second-order valence-corrected chi connectivity index (χ2v) is 6.80. The first-order valence-corrected chi connectivity index (χ1v) is 8.96. The van der Waals surface area contributed by atoms with Gasteiger partial charge in [-0.15, -0.1) is 10.2 Å². The molecule has 0 N–H and O–H groups in total. The van der Waals surface area contributed by atoms with Crippen molar-refractivity contribution in [1.82, 2.24) is 19.7 Å². The van der Waals surface area contributed by atoms with Crippen LogP contribution in [0.3, 0.4) is 0 Å². The summed E-state index contributed by atoms with van der Waals surface area (Å²) < 4.78 is 29.5. The van der Waals surface area contributed by atoms with E-state index in [1.807, 2.05) is 0 Å². The Morgan fingerprint density at radius 1 is 1.12 bits per heavy atom. The lowest BCUT2D eigenvalue weighted by atomic mass is 9.96. The number of hydrogen-bond acceptors (Lipinski definition) is 3. The van der Waals surface area contributed by atoms with Crippen molar-refractivity contribution in [2.45, 2.75) is 38.1 Å². The van der Waals surface area contributed by atoms with Crippen molar-refractivity contribution < 1.29 is 13.6 Å². The van der Waals surface area contributed by atoms with Crippen LogP contribution in [-0.4, -0.2) is 38.7 Å². The molecule has 1 fully saturated rings. The molecule has 136 valence electrons. The summed E-state index contributed by atoms with van der Waals surface area (Å²) in [6.07, 6.45) is 6.22. The minimum Gasteiger partial charge on any atom is -0.339 e. The molecule has 2 aromatic rings. The molecule has 0 bridgehead atoms. The zero-order valence-electron chi connectivity index (χ0n) is 14.4. The maximum atomic E-state index is 13.6. The third kappa shape index (κ3) is 3.13. The third-order valence-electron chi connectivity index (χ3n) is 5.20. The van der Waals surface area contributed by atoms with Gasteiger partial charge in [0.1, 0.15) is 23.3 Å². The highest BCUT2D eigenvalue weighted by Gasteiger charge is 2.28. The monoisotopic (exact) mass is 358 g/mol. The van der Waals surface area contributed by atoms with Crippen molar-refractivity contribution in [2.24, 2.45) is 0 Å². The van der Waals surface area contributed by atoms with E-state index in [4.69, 9.17) is 0 Å². The second-order valence-electron chi connectivity index (χ2n) is 6.80. The fraction of sp³-hybridized carbons (Fsp3) is 0.421. The summed E-state index contributed by atoms with van der Waals surface area (Å²) in [7, 11) is 0. The van der Waals surface area contributed by atoms with Crippen LogP contribution in [0.25, 0.3) is 6.08 Å². The van der Waals surface area contributed by atoms with Crippen LogP contribution in [0.15, 0.2) is 24.3 Å². The van der Waals surface area contributed by atoms with E-state index in [0.717, 1.165) is 43.9 Å². The predicted octanol–water partition coefficient (Wildman–Crippen LogP) is 2.92. The van der Waals surface area contributed by atoms with Crippen LogP contribution >= 0.6 is 0 Å². The molecular weight excluding hydrogens is 338 g/mol. The summed E-state index contributed by atoms with van der Waals surface area (Å²) in [6, 6.07) is 3.65. The number of aromatic nitrogens is 3. The number of benzene rings is 1. The van der Waals surface area contributed by atoms with E-state index >= 15 is 0 Å². The smallest absolute Gasteiger partial charge is 0.246 e. The van der Waals surface area contributed by atoms with Crippen LogP contribution < -0.4 is 0 Å². The molecule has 2 aliphatic heterocycles. The van der Waals surface area contributed by atoms with Crippen LogP contribution in [0.2, 0.25) is 0 Å². The van der Waals surface area contributed by atoms with Gasteiger partial charge in [-0.25, -0.2) is 8.78 Å². The highest BCUT2D eigenvalue weighted by Crippen LogP contribution is 2.29. The number of fused-ring (bicyclic) bond motifs is 1. The zero-order valence-corrected chi connectivity index (χ0v) is 14.4. The van der Waals surface area contributed by atoms with Crippen LogP contribution in [0.5, 0.6) is 0 Å². The summed E-state index contributed by atoms with van der Waals surface area (Å²) in [5.74, 6) is 0.840. The molecule has 0 aliphatic carbocycles. The van der Waals surface area contributed by atoms with Crippen LogP contribution in [-0.2, 0) is 17.8 Å².